The molecule has 0 fully saturated rings. The molecule has 0 aliphatic rings. The number of carbonyl (C=O) groups excluding carboxylic acids is 2. The van der Waals surface area contributed by atoms with Crippen molar-refractivity contribution in [3.05, 3.63) is 66.6 Å². The molecular weight excluding hydrogens is 368 g/mol. The fraction of sp³-hybridized carbons (Fsp3) is 0.273. The van der Waals surface area contributed by atoms with Crippen LogP contribution in [0.15, 0.2) is 61.1 Å². The number of hydrogen-bond acceptors (Lipinski definition) is 5. The fourth-order valence-corrected chi connectivity index (χ4v) is 2.80. The van der Waals surface area contributed by atoms with Gasteiger partial charge in [0.1, 0.15) is 17.8 Å². The number of likely N-dealkylation sites (N-methyl/N-ethyl adjacent to an activating group) is 1. The summed E-state index contributed by atoms with van der Waals surface area (Å²) in [7, 11) is 1.57. The van der Waals surface area contributed by atoms with Crippen LogP contribution in [0.1, 0.15) is 31.1 Å². The minimum atomic E-state index is -0.611. The van der Waals surface area contributed by atoms with Gasteiger partial charge in [-0.05, 0) is 45.0 Å². The molecular formula is C22H24N4O3. The third-order valence-electron chi connectivity index (χ3n) is 4.03. The second-order valence-corrected chi connectivity index (χ2v) is 7.66. The van der Waals surface area contributed by atoms with E-state index >= 15 is 0 Å². The number of esters is 1. The largest absolute Gasteiger partial charge is 0.459 e. The Balaban J connectivity index is 1.93. The van der Waals surface area contributed by atoms with Crippen LogP contribution in [0, 0.1) is 0 Å². The van der Waals surface area contributed by atoms with E-state index in [2.05, 4.69) is 10.1 Å². The summed E-state index contributed by atoms with van der Waals surface area (Å²) in [6.45, 7) is 5.21. The lowest BCUT2D eigenvalue weighted by Gasteiger charge is -2.22. The van der Waals surface area contributed by atoms with Crippen molar-refractivity contribution < 1.29 is 14.3 Å². The van der Waals surface area contributed by atoms with Crippen molar-refractivity contribution in [3.8, 4) is 16.9 Å². The molecule has 0 aliphatic heterocycles. The van der Waals surface area contributed by atoms with Gasteiger partial charge in [0.05, 0.1) is 11.3 Å². The summed E-state index contributed by atoms with van der Waals surface area (Å²) >= 11 is 0. The Morgan fingerprint density at radius 3 is 2.45 bits per heavy atom. The van der Waals surface area contributed by atoms with Crippen molar-refractivity contribution >= 4 is 11.9 Å². The maximum atomic E-state index is 13.1. The number of hydrogen-bond donors (Lipinski definition) is 0. The second kappa shape index (κ2) is 8.26. The molecule has 0 spiro atoms. The molecule has 0 aliphatic carbocycles. The lowest BCUT2D eigenvalue weighted by Crippen LogP contribution is -2.36. The van der Waals surface area contributed by atoms with Crippen LogP contribution in [0.3, 0.4) is 0 Å². The average molecular weight is 392 g/mol. The van der Waals surface area contributed by atoms with Gasteiger partial charge >= 0.3 is 5.97 Å². The van der Waals surface area contributed by atoms with E-state index in [1.165, 1.54) is 4.90 Å². The highest BCUT2D eigenvalue weighted by molar-refractivity contribution is 6.00. The van der Waals surface area contributed by atoms with Gasteiger partial charge in [-0.15, -0.1) is 0 Å². The smallest absolute Gasteiger partial charge is 0.326 e. The summed E-state index contributed by atoms with van der Waals surface area (Å²) in [6, 6.07) is 13.1. The molecule has 0 saturated carbocycles. The Labute approximate surface area is 169 Å². The molecule has 1 amide bonds. The molecule has 2 heterocycles. The Morgan fingerprint density at radius 1 is 1.10 bits per heavy atom. The maximum absolute atomic E-state index is 13.1. The monoisotopic (exact) mass is 392 g/mol. The van der Waals surface area contributed by atoms with E-state index in [0.29, 0.717) is 11.3 Å². The zero-order valence-corrected chi connectivity index (χ0v) is 17.0. The van der Waals surface area contributed by atoms with Crippen LogP contribution < -0.4 is 0 Å². The fourth-order valence-electron chi connectivity index (χ4n) is 2.80. The molecule has 0 unspecified atom stereocenters. The number of aromatic nitrogens is 3. The molecule has 0 N–H and O–H groups in total. The van der Waals surface area contributed by atoms with Crippen molar-refractivity contribution in [2.75, 3.05) is 13.6 Å². The quantitative estimate of drug-likeness (QED) is 0.623. The molecule has 1 aromatic carbocycles. The van der Waals surface area contributed by atoms with Gasteiger partial charge in [-0.25, -0.2) is 4.68 Å². The summed E-state index contributed by atoms with van der Waals surface area (Å²) in [5.41, 5.74) is 1.82. The zero-order valence-electron chi connectivity index (χ0n) is 17.0. The van der Waals surface area contributed by atoms with Crippen molar-refractivity contribution in [1.82, 2.24) is 19.7 Å². The van der Waals surface area contributed by atoms with Gasteiger partial charge in [0.15, 0.2) is 0 Å². The summed E-state index contributed by atoms with van der Waals surface area (Å²) in [5.74, 6) is -0.788. The molecule has 0 saturated heterocycles. The Morgan fingerprint density at radius 2 is 1.83 bits per heavy atom. The highest BCUT2D eigenvalue weighted by Crippen LogP contribution is 2.24. The topological polar surface area (TPSA) is 77.3 Å². The summed E-state index contributed by atoms with van der Waals surface area (Å²) in [6.07, 6.45) is 4.99. The number of carbonyl (C=O) groups is 2. The number of pyridine rings is 1. The van der Waals surface area contributed by atoms with Gasteiger partial charge in [-0.2, -0.15) is 5.10 Å². The van der Waals surface area contributed by atoms with Gasteiger partial charge in [-0.3, -0.25) is 14.6 Å². The minimum Gasteiger partial charge on any atom is -0.459 e. The Bertz CT molecular complexity index is 992. The number of nitrogens with zero attached hydrogens (tertiary/aromatic N) is 4. The van der Waals surface area contributed by atoms with Crippen LogP contribution in [-0.4, -0.2) is 50.7 Å². The Hall–Kier alpha value is -3.48. The van der Waals surface area contributed by atoms with Gasteiger partial charge < -0.3 is 9.64 Å². The van der Waals surface area contributed by atoms with Gasteiger partial charge in [0.25, 0.3) is 5.91 Å². The number of ether oxygens (including phenoxy) is 1. The number of rotatable bonds is 5. The van der Waals surface area contributed by atoms with Gasteiger partial charge in [0, 0.05) is 31.2 Å². The van der Waals surface area contributed by atoms with Crippen molar-refractivity contribution in [2.24, 2.45) is 0 Å². The van der Waals surface area contributed by atoms with Crippen molar-refractivity contribution in [1.29, 1.82) is 0 Å². The molecule has 0 atom stereocenters. The first-order chi connectivity index (χ1) is 13.7. The minimum absolute atomic E-state index is 0.154. The number of amides is 1. The second-order valence-electron chi connectivity index (χ2n) is 7.66. The van der Waals surface area contributed by atoms with Crippen molar-refractivity contribution in [2.45, 2.75) is 26.4 Å². The van der Waals surface area contributed by atoms with E-state index in [9.17, 15) is 9.59 Å². The number of benzene rings is 1. The first-order valence-corrected chi connectivity index (χ1v) is 9.27. The van der Waals surface area contributed by atoms with Crippen molar-refractivity contribution in [3.63, 3.8) is 0 Å². The van der Waals surface area contributed by atoms with Crippen LogP contribution in [0.2, 0.25) is 0 Å². The maximum Gasteiger partial charge on any atom is 0.326 e. The molecule has 0 radical (unpaired) electrons. The van der Waals surface area contributed by atoms with E-state index in [1.807, 2.05) is 36.4 Å². The van der Waals surface area contributed by atoms with Gasteiger partial charge in [-0.1, -0.05) is 18.2 Å². The van der Waals surface area contributed by atoms with Crippen LogP contribution in [-0.2, 0) is 9.53 Å². The summed E-state index contributed by atoms with van der Waals surface area (Å²) < 4.78 is 6.97. The predicted octanol–water partition coefficient (Wildman–Crippen LogP) is 3.35. The molecule has 29 heavy (non-hydrogen) atoms. The van der Waals surface area contributed by atoms with E-state index in [-0.39, 0.29) is 12.5 Å². The summed E-state index contributed by atoms with van der Waals surface area (Å²) in [4.78, 5) is 30.7. The van der Waals surface area contributed by atoms with E-state index < -0.39 is 11.6 Å². The van der Waals surface area contributed by atoms with E-state index in [4.69, 9.17) is 4.74 Å². The SMILES string of the molecule is CN(CC(=O)OC(C)(C)C)C(=O)c1cn(-c2ccccc2)nc1-c1cccnc1. The highest BCUT2D eigenvalue weighted by Gasteiger charge is 2.25. The normalized spacial score (nSPS) is 11.2. The molecule has 3 rings (SSSR count). The standard InChI is InChI=1S/C22H24N4O3/c1-22(2,3)29-19(27)15-25(4)21(28)18-14-26(17-10-6-5-7-11-17)24-20(18)16-9-8-12-23-13-16/h5-14H,15H2,1-4H3. The van der Waals surface area contributed by atoms with Crippen LogP contribution in [0.25, 0.3) is 16.9 Å². The zero-order chi connectivity index (χ0) is 21.0. The third kappa shape index (κ3) is 5.07. The average Bonchev–Trinajstić information content (AvgIpc) is 3.12. The van der Waals surface area contributed by atoms with Crippen LogP contribution in [0.4, 0.5) is 0 Å². The lowest BCUT2D eigenvalue weighted by molar-refractivity contribution is -0.155. The molecule has 7 nitrogen and oxygen atoms in total. The highest BCUT2D eigenvalue weighted by atomic mass is 16.6. The van der Waals surface area contributed by atoms with E-state index in [1.54, 1.807) is 57.2 Å². The van der Waals surface area contributed by atoms with E-state index in [0.717, 1.165) is 11.3 Å². The number of para-hydroxylation sites is 1. The molecule has 3 aromatic rings. The van der Waals surface area contributed by atoms with Gasteiger partial charge in [0.2, 0.25) is 0 Å². The Kier molecular flexibility index (Phi) is 5.77. The third-order valence-corrected chi connectivity index (χ3v) is 4.03. The van der Waals surface area contributed by atoms with Crippen LogP contribution >= 0.6 is 0 Å². The first kappa shape index (κ1) is 20.3. The van der Waals surface area contributed by atoms with Crippen LogP contribution in [0.5, 0.6) is 0 Å². The first-order valence-electron chi connectivity index (χ1n) is 9.27. The molecule has 2 aromatic heterocycles. The summed E-state index contributed by atoms with van der Waals surface area (Å²) in [5, 5.41) is 4.61. The molecule has 0 bridgehead atoms. The predicted molar refractivity (Wildman–Crippen MR) is 110 cm³/mol. The lowest BCUT2D eigenvalue weighted by atomic mass is 10.1. The molecule has 150 valence electrons. The molecule has 7 heteroatoms.